The molecule has 0 aliphatic carbocycles. The lowest BCUT2D eigenvalue weighted by molar-refractivity contribution is -0.137. The quantitative estimate of drug-likeness (QED) is 0.865. The molecule has 1 heterocycles. The molecule has 0 bridgehead atoms. The molecule has 1 fully saturated rings. The Hall–Kier alpha value is -1.35. The third kappa shape index (κ3) is 4.34. The fraction of sp³-hybridized carbons (Fsp3) is 0.588. The molecule has 0 saturated carbocycles. The maximum absolute atomic E-state index is 10.7. The van der Waals surface area contributed by atoms with Gasteiger partial charge in [0, 0.05) is 18.5 Å². The summed E-state index contributed by atoms with van der Waals surface area (Å²) in [4.78, 5) is 13.3. The number of piperidine rings is 1. The summed E-state index contributed by atoms with van der Waals surface area (Å²) in [6, 6.07) is 11.5. The smallest absolute Gasteiger partial charge is 0.303 e. The average Bonchev–Trinajstić information content (AvgIpc) is 2.46. The van der Waals surface area contributed by atoms with E-state index in [9.17, 15) is 4.79 Å². The van der Waals surface area contributed by atoms with E-state index in [4.69, 9.17) is 5.11 Å². The van der Waals surface area contributed by atoms with Crippen molar-refractivity contribution in [3.05, 3.63) is 35.9 Å². The summed E-state index contributed by atoms with van der Waals surface area (Å²) in [5.74, 6) is -0.687. The molecule has 1 N–H and O–H groups in total. The van der Waals surface area contributed by atoms with Gasteiger partial charge in [0.05, 0.1) is 0 Å². The zero-order valence-electron chi connectivity index (χ0n) is 12.3. The molecule has 0 amide bonds. The highest BCUT2D eigenvalue weighted by atomic mass is 16.4. The number of hydrogen-bond donors (Lipinski definition) is 1. The first-order valence-electron chi connectivity index (χ1n) is 7.68. The number of hydrogen-bond acceptors (Lipinski definition) is 2. The van der Waals surface area contributed by atoms with Crippen LogP contribution >= 0.6 is 0 Å². The van der Waals surface area contributed by atoms with Crippen molar-refractivity contribution < 1.29 is 9.90 Å². The lowest BCUT2D eigenvalue weighted by atomic mass is 9.93. The molecule has 2 unspecified atom stereocenters. The van der Waals surface area contributed by atoms with Crippen molar-refractivity contribution in [2.24, 2.45) is 0 Å². The summed E-state index contributed by atoms with van der Waals surface area (Å²) >= 11 is 0. The molecule has 1 saturated heterocycles. The van der Waals surface area contributed by atoms with Crippen molar-refractivity contribution in [2.45, 2.75) is 57.5 Å². The van der Waals surface area contributed by atoms with Gasteiger partial charge in [0.15, 0.2) is 0 Å². The minimum Gasteiger partial charge on any atom is -0.481 e. The fourth-order valence-corrected chi connectivity index (χ4v) is 3.21. The topological polar surface area (TPSA) is 40.5 Å². The van der Waals surface area contributed by atoms with Crippen LogP contribution in [0.1, 0.15) is 44.6 Å². The van der Waals surface area contributed by atoms with Gasteiger partial charge >= 0.3 is 5.97 Å². The normalized spacial score (nSPS) is 21.6. The Kier molecular flexibility index (Phi) is 5.60. The molecular formula is C17H25NO2. The first kappa shape index (κ1) is 15.0. The van der Waals surface area contributed by atoms with Gasteiger partial charge in [-0.2, -0.15) is 0 Å². The molecule has 0 spiro atoms. The van der Waals surface area contributed by atoms with Gasteiger partial charge in [-0.1, -0.05) is 36.8 Å². The van der Waals surface area contributed by atoms with Gasteiger partial charge in [0.2, 0.25) is 0 Å². The van der Waals surface area contributed by atoms with Gasteiger partial charge < -0.3 is 5.11 Å². The number of rotatable bonds is 6. The Balaban J connectivity index is 1.96. The van der Waals surface area contributed by atoms with Crippen LogP contribution in [-0.2, 0) is 11.2 Å². The van der Waals surface area contributed by atoms with Crippen LogP contribution in [0.15, 0.2) is 30.3 Å². The molecule has 1 aromatic rings. The lowest BCUT2D eigenvalue weighted by Crippen LogP contribution is -2.46. The van der Waals surface area contributed by atoms with Crippen molar-refractivity contribution in [3.63, 3.8) is 0 Å². The molecule has 1 aliphatic rings. The number of carboxylic acids is 1. The Morgan fingerprint density at radius 3 is 2.80 bits per heavy atom. The third-order valence-corrected chi connectivity index (χ3v) is 4.33. The van der Waals surface area contributed by atoms with E-state index in [1.807, 2.05) is 0 Å². The van der Waals surface area contributed by atoms with Crippen molar-refractivity contribution >= 4 is 5.97 Å². The molecule has 2 rings (SSSR count). The molecule has 1 aliphatic heterocycles. The van der Waals surface area contributed by atoms with Crippen LogP contribution in [0, 0.1) is 0 Å². The van der Waals surface area contributed by atoms with E-state index < -0.39 is 5.97 Å². The predicted molar refractivity (Wildman–Crippen MR) is 80.8 cm³/mol. The van der Waals surface area contributed by atoms with Gasteiger partial charge in [-0.25, -0.2) is 0 Å². The first-order valence-corrected chi connectivity index (χ1v) is 7.68. The minimum absolute atomic E-state index is 0.274. The molecule has 1 aromatic carbocycles. The minimum atomic E-state index is -0.687. The van der Waals surface area contributed by atoms with E-state index in [1.54, 1.807) is 0 Å². The van der Waals surface area contributed by atoms with E-state index in [-0.39, 0.29) is 6.42 Å². The fourth-order valence-electron chi connectivity index (χ4n) is 3.21. The van der Waals surface area contributed by atoms with Gasteiger partial charge in [-0.15, -0.1) is 0 Å². The lowest BCUT2D eigenvalue weighted by Gasteiger charge is -2.40. The molecule has 3 nitrogen and oxygen atoms in total. The van der Waals surface area contributed by atoms with Crippen LogP contribution in [0.4, 0.5) is 0 Å². The third-order valence-electron chi connectivity index (χ3n) is 4.33. The van der Waals surface area contributed by atoms with Crippen molar-refractivity contribution in [3.8, 4) is 0 Å². The predicted octanol–water partition coefficient (Wildman–Crippen LogP) is 3.34. The molecule has 20 heavy (non-hydrogen) atoms. The number of aliphatic carboxylic acids is 1. The van der Waals surface area contributed by atoms with Gasteiger partial charge in [0.25, 0.3) is 0 Å². The average molecular weight is 275 g/mol. The maximum Gasteiger partial charge on any atom is 0.303 e. The second-order valence-electron chi connectivity index (χ2n) is 5.86. The highest BCUT2D eigenvalue weighted by Crippen LogP contribution is 2.24. The number of nitrogens with zero attached hydrogens (tertiary/aromatic N) is 1. The standard InChI is InChI=1S/C17H25NO2/c1-14(10-11-17(19)20)18-12-6-5-9-16(18)13-15-7-3-2-4-8-15/h2-4,7-8,14,16H,5-6,9-13H2,1H3,(H,19,20). The molecule has 3 heteroatoms. The number of carbonyl (C=O) groups is 1. The molecule has 110 valence electrons. The Morgan fingerprint density at radius 1 is 1.35 bits per heavy atom. The van der Waals surface area contributed by atoms with Crippen LogP contribution in [0.25, 0.3) is 0 Å². The summed E-state index contributed by atoms with van der Waals surface area (Å²) in [6.07, 6.45) is 5.86. The first-order chi connectivity index (χ1) is 9.66. The second-order valence-corrected chi connectivity index (χ2v) is 5.86. The van der Waals surface area contributed by atoms with Crippen molar-refractivity contribution in [2.75, 3.05) is 6.54 Å². The monoisotopic (exact) mass is 275 g/mol. The molecule has 0 radical (unpaired) electrons. The van der Waals surface area contributed by atoms with Crippen LogP contribution in [0.2, 0.25) is 0 Å². The van der Waals surface area contributed by atoms with Crippen LogP contribution in [-0.4, -0.2) is 34.6 Å². The van der Waals surface area contributed by atoms with E-state index in [0.29, 0.717) is 12.1 Å². The maximum atomic E-state index is 10.7. The Labute approximate surface area is 121 Å². The summed E-state index contributed by atoms with van der Waals surface area (Å²) in [5, 5.41) is 8.84. The van der Waals surface area contributed by atoms with Gasteiger partial charge in [-0.05, 0) is 44.7 Å². The van der Waals surface area contributed by atoms with E-state index in [0.717, 1.165) is 19.4 Å². The SMILES string of the molecule is CC(CCC(=O)O)N1CCCCC1Cc1ccccc1. The van der Waals surface area contributed by atoms with E-state index in [1.165, 1.54) is 24.8 Å². The molecule has 2 atom stereocenters. The summed E-state index contributed by atoms with van der Waals surface area (Å²) < 4.78 is 0. The van der Waals surface area contributed by atoms with Crippen molar-refractivity contribution in [1.29, 1.82) is 0 Å². The Bertz CT molecular complexity index is 418. The van der Waals surface area contributed by atoms with Crippen molar-refractivity contribution in [1.82, 2.24) is 4.90 Å². The second kappa shape index (κ2) is 7.44. The number of likely N-dealkylation sites (tertiary alicyclic amines) is 1. The largest absolute Gasteiger partial charge is 0.481 e. The number of benzene rings is 1. The van der Waals surface area contributed by atoms with Crippen LogP contribution in [0.3, 0.4) is 0 Å². The Morgan fingerprint density at radius 2 is 2.10 bits per heavy atom. The highest BCUT2D eigenvalue weighted by molar-refractivity contribution is 5.66. The van der Waals surface area contributed by atoms with Crippen LogP contribution in [0.5, 0.6) is 0 Å². The summed E-state index contributed by atoms with van der Waals surface area (Å²) in [6.45, 7) is 3.28. The number of carboxylic acid groups (broad SMARTS) is 1. The highest BCUT2D eigenvalue weighted by Gasteiger charge is 2.26. The summed E-state index contributed by atoms with van der Waals surface area (Å²) in [5.41, 5.74) is 1.38. The summed E-state index contributed by atoms with van der Waals surface area (Å²) in [7, 11) is 0. The van der Waals surface area contributed by atoms with Crippen LogP contribution < -0.4 is 0 Å². The molecule has 0 aromatic heterocycles. The van der Waals surface area contributed by atoms with E-state index in [2.05, 4.69) is 42.2 Å². The van der Waals surface area contributed by atoms with E-state index >= 15 is 0 Å². The zero-order chi connectivity index (χ0) is 14.4. The molecular weight excluding hydrogens is 250 g/mol. The van der Waals surface area contributed by atoms with Gasteiger partial charge in [-0.3, -0.25) is 9.69 Å². The van der Waals surface area contributed by atoms with Gasteiger partial charge in [0.1, 0.15) is 0 Å². The zero-order valence-corrected chi connectivity index (χ0v) is 12.3.